The molecule has 23 heavy (non-hydrogen) atoms. The summed E-state index contributed by atoms with van der Waals surface area (Å²) in [6.45, 7) is 2.03. The lowest BCUT2D eigenvalue weighted by Gasteiger charge is -2.26. The van der Waals surface area contributed by atoms with Gasteiger partial charge in [-0.25, -0.2) is 9.37 Å². The number of hydrogen-bond donors (Lipinski definition) is 1. The molecule has 1 aromatic heterocycles. The van der Waals surface area contributed by atoms with Crippen LogP contribution in [0, 0.1) is 5.82 Å². The molecular formula is C17H16FN3S2. The van der Waals surface area contributed by atoms with Crippen LogP contribution in [0.4, 0.5) is 10.1 Å². The lowest BCUT2D eigenvalue weighted by atomic mass is 10.3. The molecule has 0 unspecified atom stereocenters. The number of halogens is 1. The quantitative estimate of drug-likeness (QED) is 0.689. The molecule has 0 radical (unpaired) electrons. The summed E-state index contributed by atoms with van der Waals surface area (Å²) in [4.78, 5) is 6.54. The number of nitrogens with one attached hydrogen (secondary N) is 1. The van der Waals surface area contributed by atoms with E-state index in [1.54, 1.807) is 29.5 Å². The maximum Gasteiger partial charge on any atom is 0.173 e. The summed E-state index contributed by atoms with van der Waals surface area (Å²) in [6.07, 6.45) is 0. The summed E-state index contributed by atoms with van der Waals surface area (Å²) in [5, 5.41) is 4.39. The summed E-state index contributed by atoms with van der Waals surface area (Å²) in [5.74, 6) is -0.323. The van der Waals surface area contributed by atoms with E-state index in [2.05, 4.69) is 16.4 Å². The van der Waals surface area contributed by atoms with Gasteiger partial charge in [-0.05, 0) is 43.4 Å². The number of nitrogens with zero attached hydrogens (tertiary/aromatic N) is 2. The molecule has 1 N–H and O–H groups in total. The number of para-hydroxylation sites is 2. The minimum absolute atomic E-state index is 0.000765. The molecule has 3 aromatic rings. The number of benzene rings is 2. The third-order valence-corrected chi connectivity index (χ3v) is 5.28. The first-order valence-electron chi connectivity index (χ1n) is 7.20. The van der Waals surface area contributed by atoms with Crippen molar-refractivity contribution in [2.24, 2.45) is 0 Å². The zero-order valence-electron chi connectivity index (χ0n) is 12.8. The van der Waals surface area contributed by atoms with Crippen molar-refractivity contribution < 1.29 is 4.39 Å². The van der Waals surface area contributed by atoms with Gasteiger partial charge >= 0.3 is 0 Å². The van der Waals surface area contributed by atoms with Crippen LogP contribution in [-0.4, -0.2) is 22.0 Å². The van der Waals surface area contributed by atoms with Crippen LogP contribution in [0.3, 0.4) is 0 Å². The average Bonchev–Trinajstić information content (AvgIpc) is 2.99. The van der Waals surface area contributed by atoms with E-state index in [9.17, 15) is 4.39 Å². The normalized spacial score (nSPS) is 12.1. The molecule has 1 heterocycles. The second kappa shape index (κ2) is 6.60. The van der Waals surface area contributed by atoms with Crippen molar-refractivity contribution in [3.8, 4) is 0 Å². The third kappa shape index (κ3) is 3.33. The number of rotatable bonds is 3. The fourth-order valence-electron chi connectivity index (χ4n) is 2.18. The fraction of sp³-hybridized carbons (Fsp3) is 0.176. The molecule has 3 nitrogen and oxygen atoms in total. The Hall–Kier alpha value is -2.05. The van der Waals surface area contributed by atoms with E-state index in [4.69, 9.17) is 12.2 Å². The van der Waals surface area contributed by atoms with E-state index in [0.29, 0.717) is 10.8 Å². The highest BCUT2D eigenvalue weighted by molar-refractivity contribution is 7.80. The van der Waals surface area contributed by atoms with Gasteiger partial charge in [-0.1, -0.05) is 24.3 Å². The maximum absolute atomic E-state index is 13.7. The summed E-state index contributed by atoms with van der Waals surface area (Å²) < 4.78 is 14.9. The Balaban J connectivity index is 1.77. The van der Waals surface area contributed by atoms with Gasteiger partial charge in [0.25, 0.3) is 0 Å². The van der Waals surface area contributed by atoms with Gasteiger partial charge in [0.05, 0.1) is 21.9 Å². The molecule has 1 atom stereocenters. The molecule has 118 valence electrons. The van der Waals surface area contributed by atoms with Crippen molar-refractivity contribution in [2.45, 2.75) is 13.0 Å². The van der Waals surface area contributed by atoms with Gasteiger partial charge in [0.1, 0.15) is 10.8 Å². The number of anilines is 1. The predicted molar refractivity (Wildman–Crippen MR) is 98.4 cm³/mol. The highest BCUT2D eigenvalue weighted by Gasteiger charge is 2.19. The zero-order chi connectivity index (χ0) is 16.4. The highest BCUT2D eigenvalue weighted by Crippen LogP contribution is 2.29. The van der Waals surface area contributed by atoms with E-state index in [1.807, 2.05) is 37.1 Å². The molecule has 2 aromatic carbocycles. The molecule has 0 spiro atoms. The lowest BCUT2D eigenvalue weighted by molar-refractivity contribution is 0.407. The van der Waals surface area contributed by atoms with Crippen molar-refractivity contribution in [3.05, 3.63) is 59.4 Å². The van der Waals surface area contributed by atoms with Crippen LogP contribution < -0.4 is 5.32 Å². The number of hydrogen-bond acceptors (Lipinski definition) is 3. The van der Waals surface area contributed by atoms with Gasteiger partial charge in [0.2, 0.25) is 0 Å². The zero-order valence-corrected chi connectivity index (χ0v) is 14.4. The monoisotopic (exact) mass is 345 g/mol. The molecule has 0 bridgehead atoms. The Morgan fingerprint density at radius 2 is 1.91 bits per heavy atom. The van der Waals surface area contributed by atoms with Crippen LogP contribution in [-0.2, 0) is 0 Å². The van der Waals surface area contributed by atoms with Gasteiger partial charge in [0.15, 0.2) is 5.11 Å². The first-order chi connectivity index (χ1) is 11.1. The van der Waals surface area contributed by atoms with Crippen LogP contribution in [0.5, 0.6) is 0 Å². The molecule has 3 rings (SSSR count). The Labute approximate surface area is 143 Å². The minimum atomic E-state index is -0.323. The van der Waals surface area contributed by atoms with E-state index >= 15 is 0 Å². The number of thiazole rings is 1. The molecule has 0 aliphatic rings. The SMILES string of the molecule is C[C@@H](c1nc2ccccc2s1)N(C)C(=S)Nc1ccccc1F. The first-order valence-corrected chi connectivity index (χ1v) is 8.42. The van der Waals surface area contributed by atoms with Crippen molar-refractivity contribution in [1.82, 2.24) is 9.88 Å². The van der Waals surface area contributed by atoms with E-state index in [-0.39, 0.29) is 11.9 Å². The second-order valence-electron chi connectivity index (χ2n) is 5.22. The smallest absolute Gasteiger partial charge is 0.173 e. The second-order valence-corrected chi connectivity index (χ2v) is 6.67. The first kappa shape index (κ1) is 15.8. The summed E-state index contributed by atoms with van der Waals surface area (Å²) in [7, 11) is 1.88. The molecule has 0 amide bonds. The summed E-state index contributed by atoms with van der Waals surface area (Å²) in [6, 6.07) is 14.5. The fourth-order valence-corrected chi connectivity index (χ4v) is 3.51. The summed E-state index contributed by atoms with van der Waals surface area (Å²) >= 11 is 7.05. The maximum atomic E-state index is 13.7. The van der Waals surface area contributed by atoms with Crippen LogP contribution >= 0.6 is 23.6 Å². The molecule has 0 aliphatic carbocycles. The number of aromatic nitrogens is 1. The average molecular weight is 345 g/mol. The highest BCUT2D eigenvalue weighted by atomic mass is 32.1. The Kier molecular flexibility index (Phi) is 4.54. The molecular weight excluding hydrogens is 329 g/mol. The topological polar surface area (TPSA) is 28.2 Å². The van der Waals surface area contributed by atoms with Crippen molar-refractivity contribution in [3.63, 3.8) is 0 Å². The molecule has 0 fully saturated rings. The van der Waals surface area contributed by atoms with Gasteiger partial charge < -0.3 is 10.2 Å². The standard InChI is InChI=1S/C17H16FN3S2/c1-11(16-19-14-9-5-6-10-15(14)23-16)21(2)17(22)20-13-8-4-3-7-12(13)18/h3-11H,1-2H3,(H,20,22)/t11-/m0/s1. The van der Waals surface area contributed by atoms with Gasteiger partial charge in [-0.2, -0.15) is 0 Å². The predicted octanol–water partition coefficient (Wildman–Crippen LogP) is 4.83. The van der Waals surface area contributed by atoms with Gasteiger partial charge in [-0.3, -0.25) is 0 Å². The molecule has 0 saturated heterocycles. The van der Waals surface area contributed by atoms with Crippen LogP contribution in [0.25, 0.3) is 10.2 Å². The Morgan fingerprint density at radius 3 is 2.65 bits per heavy atom. The molecule has 0 aliphatic heterocycles. The van der Waals surface area contributed by atoms with Gasteiger partial charge in [-0.15, -0.1) is 11.3 Å². The van der Waals surface area contributed by atoms with Gasteiger partial charge in [0, 0.05) is 7.05 Å². The van der Waals surface area contributed by atoms with Crippen LogP contribution in [0.15, 0.2) is 48.5 Å². The third-order valence-electron chi connectivity index (χ3n) is 3.68. The van der Waals surface area contributed by atoms with Crippen LogP contribution in [0.1, 0.15) is 18.0 Å². The largest absolute Gasteiger partial charge is 0.343 e. The van der Waals surface area contributed by atoms with Crippen LogP contribution in [0.2, 0.25) is 0 Å². The van der Waals surface area contributed by atoms with E-state index in [0.717, 1.165) is 15.2 Å². The Bertz CT molecular complexity index is 813. The van der Waals surface area contributed by atoms with Crippen molar-refractivity contribution in [2.75, 3.05) is 12.4 Å². The Morgan fingerprint density at radius 1 is 1.22 bits per heavy atom. The van der Waals surface area contributed by atoms with E-state index in [1.165, 1.54) is 6.07 Å². The van der Waals surface area contributed by atoms with Crippen molar-refractivity contribution in [1.29, 1.82) is 0 Å². The van der Waals surface area contributed by atoms with E-state index < -0.39 is 0 Å². The molecule has 6 heteroatoms. The number of thiocarbonyl (C=S) groups is 1. The van der Waals surface area contributed by atoms with Crippen molar-refractivity contribution >= 4 is 44.6 Å². The number of fused-ring (bicyclic) bond motifs is 1. The molecule has 0 saturated carbocycles. The summed E-state index contributed by atoms with van der Waals surface area (Å²) in [5.41, 5.74) is 1.36. The minimum Gasteiger partial charge on any atom is -0.343 e. The lowest BCUT2D eigenvalue weighted by Crippen LogP contribution is -2.33.